The highest BCUT2D eigenvalue weighted by Gasteiger charge is 2.48. The summed E-state index contributed by atoms with van der Waals surface area (Å²) in [5, 5.41) is 12.4. The lowest BCUT2D eigenvalue weighted by Crippen LogP contribution is -2.33. The number of para-hydroxylation sites is 1. The van der Waals surface area contributed by atoms with E-state index in [0.717, 1.165) is 42.5 Å². The lowest BCUT2D eigenvalue weighted by Gasteiger charge is -2.36. The molecule has 0 aromatic heterocycles. The number of hydrogen-bond donors (Lipinski definition) is 0. The molecule has 7 heteroatoms. The van der Waals surface area contributed by atoms with Gasteiger partial charge in [-0.25, -0.2) is 0 Å². The number of nitro groups is 1. The van der Waals surface area contributed by atoms with Crippen molar-refractivity contribution >= 4 is 10.8 Å². The molecule has 1 aromatic rings. The van der Waals surface area contributed by atoms with Crippen LogP contribution in [0.15, 0.2) is 46.3 Å². The summed E-state index contributed by atoms with van der Waals surface area (Å²) >= 11 is 0. The van der Waals surface area contributed by atoms with E-state index < -0.39 is 16.7 Å². The van der Waals surface area contributed by atoms with Gasteiger partial charge < -0.3 is 9.64 Å². The van der Waals surface area contributed by atoms with Crippen molar-refractivity contribution < 1.29 is 13.9 Å². The Bertz CT molecular complexity index is 830. The van der Waals surface area contributed by atoms with E-state index in [-0.39, 0.29) is 10.6 Å². The van der Waals surface area contributed by atoms with Crippen molar-refractivity contribution in [3.8, 4) is 5.75 Å². The average Bonchev–Trinajstić information content (AvgIpc) is 3.02. The van der Waals surface area contributed by atoms with Gasteiger partial charge in [0.05, 0.1) is 22.8 Å². The van der Waals surface area contributed by atoms with Crippen LogP contribution in [-0.4, -0.2) is 33.4 Å². The zero-order chi connectivity index (χ0) is 17.6. The van der Waals surface area contributed by atoms with Gasteiger partial charge in [0.2, 0.25) is 0 Å². The van der Waals surface area contributed by atoms with Crippen LogP contribution < -0.4 is 4.74 Å². The third kappa shape index (κ3) is 2.49. The summed E-state index contributed by atoms with van der Waals surface area (Å²) in [5.41, 5.74) is 3.11. The van der Waals surface area contributed by atoms with Crippen molar-refractivity contribution in [3.05, 3.63) is 61.9 Å². The number of benzene rings is 1. The van der Waals surface area contributed by atoms with E-state index in [4.69, 9.17) is 4.74 Å². The molecule has 4 rings (SSSR count). The normalized spacial score (nSPS) is 25.7. The molecule has 0 bridgehead atoms. The zero-order valence-electron chi connectivity index (χ0n) is 14.1. The van der Waals surface area contributed by atoms with Crippen LogP contribution in [0, 0.1) is 10.1 Å². The van der Waals surface area contributed by atoms with Crippen LogP contribution in [0.2, 0.25) is 0 Å². The predicted molar refractivity (Wildman–Crippen MR) is 95.0 cm³/mol. The van der Waals surface area contributed by atoms with Crippen molar-refractivity contribution in [2.45, 2.75) is 31.6 Å². The summed E-state index contributed by atoms with van der Waals surface area (Å²) in [6.45, 7) is 0.608. The Balaban J connectivity index is 1.99. The number of ether oxygens (including phenoxy) is 1. The number of nitrogens with zero attached hydrogens (tertiary/aromatic N) is 2. The second-order valence-corrected chi connectivity index (χ2v) is 7.99. The Hall–Kier alpha value is -2.15. The summed E-state index contributed by atoms with van der Waals surface area (Å²) in [7, 11) is 0.261. The third-order valence-corrected chi connectivity index (χ3v) is 6.67. The van der Waals surface area contributed by atoms with Gasteiger partial charge in [-0.2, -0.15) is 0 Å². The second-order valence-electron chi connectivity index (χ2n) is 6.50. The Morgan fingerprint density at radius 1 is 1.28 bits per heavy atom. The van der Waals surface area contributed by atoms with Gasteiger partial charge in [0.25, 0.3) is 5.70 Å². The van der Waals surface area contributed by atoms with Crippen molar-refractivity contribution in [1.82, 2.24) is 4.90 Å². The van der Waals surface area contributed by atoms with E-state index in [0.29, 0.717) is 23.1 Å². The van der Waals surface area contributed by atoms with Crippen LogP contribution in [0.25, 0.3) is 0 Å². The number of methoxy groups -OCH3 is 1. The molecule has 0 N–H and O–H groups in total. The largest absolute Gasteiger partial charge is 0.496 e. The Labute approximate surface area is 148 Å². The molecule has 2 aliphatic heterocycles. The highest BCUT2D eigenvalue weighted by molar-refractivity contribution is 7.89. The minimum absolute atomic E-state index is 0.0704. The van der Waals surface area contributed by atoms with Crippen molar-refractivity contribution in [3.63, 3.8) is 0 Å². The fourth-order valence-electron chi connectivity index (χ4n) is 4.25. The molecule has 2 heterocycles. The zero-order valence-corrected chi connectivity index (χ0v) is 14.9. The van der Waals surface area contributed by atoms with Gasteiger partial charge in [-0.1, -0.05) is 18.2 Å². The first kappa shape index (κ1) is 16.3. The molecule has 2 unspecified atom stereocenters. The molecule has 1 saturated heterocycles. The van der Waals surface area contributed by atoms with E-state index >= 15 is 0 Å². The Morgan fingerprint density at radius 2 is 2.04 bits per heavy atom. The van der Waals surface area contributed by atoms with E-state index in [2.05, 4.69) is 0 Å². The minimum Gasteiger partial charge on any atom is -0.496 e. The molecular weight excluding hydrogens is 340 g/mol. The fourth-order valence-corrected chi connectivity index (χ4v) is 5.67. The van der Waals surface area contributed by atoms with Gasteiger partial charge in [-0.15, -0.1) is 0 Å². The first-order chi connectivity index (χ1) is 12.1. The van der Waals surface area contributed by atoms with Crippen molar-refractivity contribution in [2.24, 2.45) is 0 Å². The Morgan fingerprint density at radius 3 is 2.80 bits per heavy atom. The highest BCUT2D eigenvalue weighted by atomic mass is 32.2. The van der Waals surface area contributed by atoms with Crippen LogP contribution in [0.3, 0.4) is 0 Å². The van der Waals surface area contributed by atoms with Gasteiger partial charge in [0.1, 0.15) is 11.7 Å². The predicted octanol–water partition coefficient (Wildman–Crippen LogP) is 3.13. The summed E-state index contributed by atoms with van der Waals surface area (Å²) < 4.78 is 18.1. The molecule has 6 nitrogen and oxygen atoms in total. The third-order valence-electron chi connectivity index (χ3n) is 5.25. The van der Waals surface area contributed by atoms with Crippen LogP contribution >= 0.6 is 0 Å². The molecule has 3 aliphatic rings. The molecule has 0 amide bonds. The second kappa shape index (κ2) is 6.29. The lowest BCUT2D eigenvalue weighted by atomic mass is 9.78. The number of fused-ring (bicyclic) bond motifs is 2. The maximum absolute atomic E-state index is 12.6. The number of rotatable bonds is 3. The van der Waals surface area contributed by atoms with E-state index in [1.807, 2.05) is 29.2 Å². The number of hydrogen-bond acceptors (Lipinski definition) is 5. The molecule has 132 valence electrons. The van der Waals surface area contributed by atoms with Crippen LogP contribution in [0.1, 0.15) is 37.2 Å². The highest BCUT2D eigenvalue weighted by Crippen LogP contribution is 2.50. The van der Waals surface area contributed by atoms with Gasteiger partial charge in [-0.3, -0.25) is 14.3 Å². The fraction of sp³-hybridized carbons (Fsp3) is 0.444. The Kier molecular flexibility index (Phi) is 4.11. The molecular formula is C18H20N2O4S. The van der Waals surface area contributed by atoms with E-state index in [9.17, 15) is 14.3 Å². The van der Waals surface area contributed by atoms with Crippen LogP contribution in [0.4, 0.5) is 0 Å². The van der Waals surface area contributed by atoms with Crippen LogP contribution in [0.5, 0.6) is 5.75 Å². The average molecular weight is 360 g/mol. The topological polar surface area (TPSA) is 72.7 Å². The van der Waals surface area contributed by atoms with Crippen molar-refractivity contribution in [1.29, 1.82) is 0 Å². The molecule has 2 atom stereocenters. The summed E-state index contributed by atoms with van der Waals surface area (Å²) in [6, 6.07) is 7.46. The maximum Gasteiger partial charge on any atom is 0.290 e. The number of allylic oxidation sites excluding steroid dienone is 2. The van der Waals surface area contributed by atoms with E-state index in [1.54, 1.807) is 7.11 Å². The molecule has 1 aromatic carbocycles. The first-order valence-electron chi connectivity index (χ1n) is 8.52. The van der Waals surface area contributed by atoms with Gasteiger partial charge >= 0.3 is 0 Å². The maximum atomic E-state index is 12.6. The standard InChI is InChI=1S/C18H20N2O4S/c1-24-15-9-5-3-7-13(15)16-12-6-2-4-8-14(12)19-10-11-25(23)18(19)17(16)20(21)22/h3,5,7,9,16H,2,4,6,8,10-11H2,1H3. The molecule has 25 heavy (non-hydrogen) atoms. The molecule has 1 aliphatic carbocycles. The summed E-state index contributed by atoms with van der Waals surface area (Å²) in [6.07, 6.45) is 3.84. The molecule has 0 spiro atoms. The molecule has 0 radical (unpaired) electrons. The van der Waals surface area contributed by atoms with Gasteiger partial charge in [-0.05, 0) is 37.3 Å². The molecule has 1 fully saturated rings. The minimum atomic E-state index is -1.32. The lowest BCUT2D eigenvalue weighted by molar-refractivity contribution is -0.431. The quantitative estimate of drug-likeness (QED) is 0.612. The van der Waals surface area contributed by atoms with Gasteiger partial charge in [0.15, 0.2) is 5.03 Å². The smallest absolute Gasteiger partial charge is 0.290 e. The van der Waals surface area contributed by atoms with E-state index in [1.165, 1.54) is 0 Å². The van der Waals surface area contributed by atoms with Crippen molar-refractivity contribution in [2.75, 3.05) is 19.4 Å². The summed E-state index contributed by atoms with van der Waals surface area (Å²) in [5.74, 6) is 0.624. The van der Waals surface area contributed by atoms with Crippen LogP contribution in [-0.2, 0) is 10.8 Å². The van der Waals surface area contributed by atoms with Gasteiger partial charge in [0, 0.05) is 23.6 Å². The first-order valence-corrected chi connectivity index (χ1v) is 9.84. The molecule has 0 saturated carbocycles. The SMILES string of the molecule is COc1ccccc1C1C2=C(CCCC2)N2CCS(=O)C2=C1[N+](=O)[O-]. The summed E-state index contributed by atoms with van der Waals surface area (Å²) in [4.78, 5) is 13.7. The monoisotopic (exact) mass is 360 g/mol.